The monoisotopic (exact) mass is 425 g/mol. The summed E-state index contributed by atoms with van der Waals surface area (Å²) in [6, 6.07) is 11.8. The molecule has 0 saturated heterocycles. The average molecular weight is 426 g/mol. The third-order valence-corrected chi connectivity index (χ3v) is 6.76. The summed E-state index contributed by atoms with van der Waals surface area (Å²) in [6.07, 6.45) is 0. The Morgan fingerprint density at radius 2 is 1.89 bits per heavy atom. The van der Waals surface area contributed by atoms with Crippen LogP contribution in [0.25, 0.3) is 10.4 Å². The van der Waals surface area contributed by atoms with Crippen LogP contribution in [0.5, 0.6) is 0 Å². The largest absolute Gasteiger partial charge is 0.477 e. The van der Waals surface area contributed by atoms with Gasteiger partial charge < -0.3 is 5.11 Å². The summed E-state index contributed by atoms with van der Waals surface area (Å²) in [6.45, 7) is 1.64. The normalized spacial score (nSPS) is 11.4. The quantitative estimate of drug-likeness (QED) is 0.601. The molecule has 0 radical (unpaired) electrons. The van der Waals surface area contributed by atoms with E-state index in [2.05, 4.69) is 4.72 Å². The average Bonchev–Trinajstić information content (AvgIpc) is 3.01. The second-order valence-electron chi connectivity index (χ2n) is 5.66. The van der Waals surface area contributed by atoms with E-state index in [0.29, 0.717) is 16.0 Å². The maximum atomic E-state index is 13.7. The van der Waals surface area contributed by atoms with Crippen molar-refractivity contribution in [1.82, 2.24) is 0 Å². The van der Waals surface area contributed by atoms with Crippen molar-refractivity contribution in [2.24, 2.45) is 0 Å². The first kappa shape index (κ1) is 19.3. The molecule has 0 unspecified atom stereocenters. The molecule has 3 rings (SSSR count). The number of thiophene rings is 1. The Balaban J connectivity index is 2.05. The van der Waals surface area contributed by atoms with Crippen LogP contribution >= 0.6 is 22.9 Å². The van der Waals surface area contributed by atoms with Gasteiger partial charge in [0.2, 0.25) is 0 Å². The fourth-order valence-electron chi connectivity index (χ4n) is 2.48. The van der Waals surface area contributed by atoms with Crippen LogP contribution < -0.4 is 4.72 Å². The fraction of sp³-hybridized carbons (Fsp3) is 0.0556. The van der Waals surface area contributed by atoms with Crippen LogP contribution in [0.1, 0.15) is 15.2 Å². The maximum absolute atomic E-state index is 13.7. The van der Waals surface area contributed by atoms with E-state index in [1.165, 1.54) is 30.3 Å². The van der Waals surface area contributed by atoms with Gasteiger partial charge >= 0.3 is 5.97 Å². The van der Waals surface area contributed by atoms with E-state index in [4.69, 9.17) is 11.6 Å². The number of carboxylic acids is 1. The Bertz CT molecular complexity index is 1140. The third-order valence-electron chi connectivity index (χ3n) is 3.76. The summed E-state index contributed by atoms with van der Waals surface area (Å²) in [5.74, 6) is -1.94. The molecule has 9 heteroatoms. The minimum Gasteiger partial charge on any atom is -0.477 e. The highest BCUT2D eigenvalue weighted by molar-refractivity contribution is 7.92. The van der Waals surface area contributed by atoms with Gasteiger partial charge in [0.15, 0.2) is 0 Å². The predicted molar refractivity (Wildman–Crippen MR) is 104 cm³/mol. The van der Waals surface area contributed by atoms with Crippen LogP contribution in [0, 0.1) is 12.7 Å². The molecule has 0 aliphatic carbocycles. The zero-order valence-corrected chi connectivity index (χ0v) is 16.3. The lowest BCUT2D eigenvalue weighted by molar-refractivity contribution is 0.0703. The van der Waals surface area contributed by atoms with Crippen molar-refractivity contribution < 1.29 is 22.7 Å². The number of anilines is 1. The zero-order chi connectivity index (χ0) is 19.8. The number of nitrogens with one attached hydrogen (secondary N) is 1. The summed E-state index contributed by atoms with van der Waals surface area (Å²) >= 11 is 6.51. The molecule has 5 nitrogen and oxygen atoms in total. The summed E-state index contributed by atoms with van der Waals surface area (Å²) in [7, 11) is -3.99. The van der Waals surface area contributed by atoms with Crippen LogP contribution in [-0.2, 0) is 10.0 Å². The minimum absolute atomic E-state index is 0.0478. The van der Waals surface area contributed by atoms with Gasteiger partial charge in [-0.25, -0.2) is 17.6 Å². The SMILES string of the molecule is Cc1ccccc1S(=O)(=O)Nc1cc(-c2ccc(Cl)c(F)c2)sc1C(=O)O. The fourth-order valence-corrected chi connectivity index (χ4v) is 4.92. The molecular weight excluding hydrogens is 413 g/mol. The Hall–Kier alpha value is -2.42. The molecule has 140 valence electrons. The molecule has 0 atom stereocenters. The molecule has 0 aliphatic heterocycles. The van der Waals surface area contributed by atoms with Gasteiger partial charge in [-0.1, -0.05) is 35.9 Å². The summed E-state index contributed by atoms with van der Waals surface area (Å²) in [4.78, 5) is 11.8. The van der Waals surface area contributed by atoms with Gasteiger partial charge in [0, 0.05) is 4.88 Å². The van der Waals surface area contributed by atoms with Crippen LogP contribution in [0.3, 0.4) is 0 Å². The summed E-state index contributed by atoms with van der Waals surface area (Å²) < 4.78 is 41.4. The number of aryl methyl sites for hydroxylation is 1. The number of carbonyl (C=O) groups is 1. The standard InChI is InChI=1S/C18H13ClFNO4S2/c1-10-4-2-3-5-16(10)27(24,25)21-14-9-15(26-17(14)18(22)23)11-6-7-12(19)13(20)8-11/h2-9,21H,1H3,(H,22,23). The van der Waals surface area contributed by atoms with Crippen molar-refractivity contribution in [3.63, 3.8) is 0 Å². The Kier molecular flexibility index (Phi) is 5.23. The van der Waals surface area contributed by atoms with E-state index >= 15 is 0 Å². The van der Waals surface area contributed by atoms with Crippen LogP contribution in [-0.4, -0.2) is 19.5 Å². The first-order valence-electron chi connectivity index (χ1n) is 7.60. The van der Waals surface area contributed by atoms with E-state index in [-0.39, 0.29) is 20.5 Å². The van der Waals surface area contributed by atoms with Gasteiger partial charge in [0.05, 0.1) is 15.6 Å². The van der Waals surface area contributed by atoms with Crippen molar-refractivity contribution in [2.45, 2.75) is 11.8 Å². The van der Waals surface area contributed by atoms with E-state index < -0.39 is 21.8 Å². The van der Waals surface area contributed by atoms with Gasteiger partial charge in [-0.3, -0.25) is 4.72 Å². The van der Waals surface area contributed by atoms with Gasteiger partial charge in [0.1, 0.15) is 10.7 Å². The predicted octanol–water partition coefficient (Wildman–Crippen LogP) is 5.02. The highest BCUT2D eigenvalue weighted by Crippen LogP contribution is 2.37. The Morgan fingerprint density at radius 1 is 1.19 bits per heavy atom. The minimum atomic E-state index is -3.99. The maximum Gasteiger partial charge on any atom is 0.348 e. The van der Waals surface area contributed by atoms with Crippen molar-refractivity contribution in [2.75, 3.05) is 4.72 Å². The number of carboxylic acid groups (broad SMARTS) is 1. The van der Waals surface area contributed by atoms with Gasteiger partial charge in [-0.05, 0) is 42.3 Å². The van der Waals surface area contributed by atoms with Crippen molar-refractivity contribution in [3.8, 4) is 10.4 Å². The number of halogens is 2. The molecule has 0 amide bonds. The number of aromatic carboxylic acids is 1. The molecular formula is C18H13ClFNO4S2. The van der Waals surface area contributed by atoms with Gasteiger partial charge in [-0.15, -0.1) is 11.3 Å². The van der Waals surface area contributed by atoms with Crippen molar-refractivity contribution in [1.29, 1.82) is 0 Å². The van der Waals surface area contributed by atoms with Gasteiger partial charge in [-0.2, -0.15) is 0 Å². The highest BCUT2D eigenvalue weighted by Gasteiger charge is 2.23. The first-order valence-corrected chi connectivity index (χ1v) is 10.3. The summed E-state index contributed by atoms with van der Waals surface area (Å²) in [5, 5.41) is 9.37. The van der Waals surface area contributed by atoms with Crippen LogP contribution in [0.4, 0.5) is 10.1 Å². The molecule has 1 heterocycles. The lowest BCUT2D eigenvalue weighted by Gasteiger charge is -2.09. The number of hydrogen-bond acceptors (Lipinski definition) is 4. The lowest BCUT2D eigenvalue weighted by atomic mass is 10.2. The summed E-state index contributed by atoms with van der Waals surface area (Å²) in [5.41, 5.74) is 0.837. The Labute approximate surface area is 164 Å². The van der Waals surface area contributed by atoms with E-state index in [1.807, 2.05) is 0 Å². The van der Waals surface area contributed by atoms with Gasteiger partial charge in [0.25, 0.3) is 10.0 Å². The zero-order valence-electron chi connectivity index (χ0n) is 13.9. The number of rotatable bonds is 5. The number of sulfonamides is 1. The molecule has 3 aromatic rings. The molecule has 0 aliphatic rings. The van der Waals surface area contributed by atoms with E-state index in [9.17, 15) is 22.7 Å². The van der Waals surface area contributed by atoms with Crippen LogP contribution in [0.2, 0.25) is 5.02 Å². The molecule has 2 aromatic carbocycles. The molecule has 1 aromatic heterocycles. The molecule has 0 saturated carbocycles. The number of hydrogen-bond donors (Lipinski definition) is 2. The molecule has 27 heavy (non-hydrogen) atoms. The lowest BCUT2D eigenvalue weighted by Crippen LogP contribution is -2.15. The molecule has 0 spiro atoms. The third kappa shape index (κ3) is 3.97. The molecule has 0 bridgehead atoms. The second kappa shape index (κ2) is 7.30. The first-order chi connectivity index (χ1) is 12.7. The molecule has 0 fully saturated rings. The van der Waals surface area contributed by atoms with E-state index in [1.54, 1.807) is 25.1 Å². The molecule has 2 N–H and O–H groups in total. The Morgan fingerprint density at radius 3 is 2.52 bits per heavy atom. The van der Waals surface area contributed by atoms with Crippen LogP contribution in [0.15, 0.2) is 53.4 Å². The smallest absolute Gasteiger partial charge is 0.348 e. The topological polar surface area (TPSA) is 83.5 Å². The highest BCUT2D eigenvalue weighted by atomic mass is 35.5. The second-order valence-corrected chi connectivity index (χ2v) is 8.77. The number of benzene rings is 2. The van der Waals surface area contributed by atoms with Crippen molar-refractivity contribution >= 4 is 44.6 Å². The van der Waals surface area contributed by atoms with E-state index in [0.717, 1.165) is 11.3 Å². The van der Waals surface area contributed by atoms with Crippen molar-refractivity contribution in [3.05, 3.63) is 69.8 Å².